The van der Waals surface area contributed by atoms with Gasteiger partial charge in [-0.15, -0.1) is 11.3 Å². The first-order valence-corrected chi connectivity index (χ1v) is 21.3. The summed E-state index contributed by atoms with van der Waals surface area (Å²) in [7, 11) is 3.43. The molecule has 304 valence electrons. The molecular weight excluding hydrogens is 723 g/mol. The Hall–Kier alpha value is -4.31. The molecule has 10 heteroatoms. The minimum absolute atomic E-state index is 0.109. The number of rotatable bonds is 20. The third-order valence-corrected chi connectivity index (χ3v) is 10.9. The Morgan fingerprint density at radius 3 is 1.84 bits per heavy atom. The Morgan fingerprint density at radius 2 is 1.23 bits per heavy atom. The van der Waals surface area contributed by atoms with E-state index in [2.05, 4.69) is 51.9 Å². The van der Waals surface area contributed by atoms with E-state index in [0.717, 1.165) is 127 Å². The lowest BCUT2D eigenvalue weighted by molar-refractivity contribution is -0.156. The van der Waals surface area contributed by atoms with Gasteiger partial charge in [-0.2, -0.15) is 0 Å². The van der Waals surface area contributed by atoms with E-state index in [9.17, 15) is 9.59 Å². The molecule has 56 heavy (non-hydrogen) atoms. The zero-order chi connectivity index (χ0) is 40.5. The number of esters is 2. The van der Waals surface area contributed by atoms with E-state index in [4.69, 9.17) is 23.9 Å². The van der Waals surface area contributed by atoms with Crippen molar-refractivity contribution in [1.29, 1.82) is 0 Å². The number of methoxy groups -OCH3 is 2. The summed E-state index contributed by atoms with van der Waals surface area (Å²) >= 11 is 1.68. The molecule has 0 spiro atoms. The van der Waals surface area contributed by atoms with Crippen molar-refractivity contribution in [2.75, 3.05) is 14.2 Å². The first-order valence-electron chi connectivity index (χ1n) is 20.4. The van der Waals surface area contributed by atoms with Gasteiger partial charge in [-0.1, -0.05) is 38.5 Å². The summed E-state index contributed by atoms with van der Waals surface area (Å²) in [6.07, 6.45) is 13.4. The molecule has 0 aliphatic heterocycles. The molecule has 0 unspecified atom stereocenters. The Kier molecular flexibility index (Phi) is 14.7. The Morgan fingerprint density at radius 1 is 0.679 bits per heavy atom. The number of benzene rings is 2. The van der Waals surface area contributed by atoms with Crippen molar-refractivity contribution in [2.45, 2.75) is 150 Å². The molecule has 0 aliphatic carbocycles. The number of fused-ring (bicyclic) bond motifs is 2. The summed E-state index contributed by atoms with van der Waals surface area (Å²) in [6, 6.07) is 12.6. The summed E-state index contributed by atoms with van der Waals surface area (Å²) in [4.78, 5) is 29.5. The molecule has 5 aromatic rings. The molecule has 0 amide bonds. The van der Waals surface area contributed by atoms with Crippen LogP contribution >= 0.6 is 11.3 Å². The van der Waals surface area contributed by atoms with Crippen molar-refractivity contribution >= 4 is 45.1 Å². The number of unbranched alkanes of at least 4 members (excludes halogenated alkanes) is 8. The number of nitrogens with zero attached hydrogens (tertiary/aromatic N) is 3. The van der Waals surface area contributed by atoms with Crippen LogP contribution in [0.2, 0.25) is 0 Å². The number of hydrogen-bond acceptors (Lipinski definition) is 8. The molecule has 0 saturated heterocycles. The molecule has 0 N–H and O–H groups in total. The maximum atomic E-state index is 12.1. The normalized spacial score (nSPS) is 12.1. The van der Waals surface area contributed by atoms with Crippen molar-refractivity contribution in [1.82, 2.24) is 14.1 Å². The smallest absolute Gasteiger partial charge is 0.306 e. The van der Waals surface area contributed by atoms with Gasteiger partial charge in [-0.25, -0.2) is 4.98 Å². The van der Waals surface area contributed by atoms with Crippen LogP contribution in [0.25, 0.3) is 43.6 Å². The SMILES string of the molecule is COc1ccc2c(c1)c(-c1csc(-c3cn(CCCCCCCC(=O)OC(C)(C)C)c4cc(OC)ccc34)n1)c(C)n2CCCCCCCC(=O)OC(C)(C)C. The monoisotopic (exact) mass is 785 g/mol. The van der Waals surface area contributed by atoms with Gasteiger partial charge in [0, 0.05) is 76.7 Å². The molecule has 9 nitrogen and oxygen atoms in total. The largest absolute Gasteiger partial charge is 0.497 e. The van der Waals surface area contributed by atoms with E-state index in [1.54, 1.807) is 25.6 Å². The third kappa shape index (κ3) is 11.6. The second-order valence-electron chi connectivity index (χ2n) is 16.9. The summed E-state index contributed by atoms with van der Waals surface area (Å²) in [6.45, 7) is 15.5. The van der Waals surface area contributed by atoms with Crippen molar-refractivity contribution in [3.8, 4) is 33.3 Å². The first-order chi connectivity index (χ1) is 26.7. The lowest BCUT2D eigenvalue weighted by atomic mass is 10.1. The standard InChI is InChI=1S/C46H63N3O6S/c1-32-43(36-28-33(52-8)23-25-39(36)49(32)27-19-15-11-13-17-21-42(51)55-46(5,6)7)38-31-56-44(47-38)37-30-48(40-29-34(53-9)22-24-35(37)40)26-18-14-10-12-16-20-41(50)54-45(2,3)4/h22-25,28-31H,10-21,26-27H2,1-9H3. The molecule has 5 rings (SSSR count). The van der Waals surface area contributed by atoms with E-state index in [-0.39, 0.29) is 11.9 Å². The number of carbonyl (C=O) groups excluding carboxylic acids is 2. The molecule has 0 bridgehead atoms. The molecular formula is C46H63N3O6S. The van der Waals surface area contributed by atoms with Gasteiger partial charge >= 0.3 is 11.9 Å². The van der Waals surface area contributed by atoms with Gasteiger partial charge in [0.15, 0.2) is 0 Å². The topological polar surface area (TPSA) is 93.8 Å². The number of ether oxygens (including phenoxy) is 4. The fourth-order valence-corrected chi connectivity index (χ4v) is 8.24. The first kappa shape index (κ1) is 42.8. The van der Waals surface area contributed by atoms with Gasteiger partial charge in [0.25, 0.3) is 0 Å². The average molecular weight is 786 g/mol. The fraction of sp³-hybridized carbons (Fsp3) is 0.543. The molecule has 0 saturated carbocycles. The predicted molar refractivity (Wildman–Crippen MR) is 229 cm³/mol. The summed E-state index contributed by atoms with van der Waals surface area (Å²) in [5.74, 6) is 1.45. The highest BCUT2D eigenvalue weighted by atomic mass is 32.1. The summed E-state index contributed by atoms with van der Waals surface area (Å²) in [5.41, 5.74) is 5.92. The van der Waals surface area contributed by atoms with Crippen molar-refractivity contribution in [2.24, 2.45) is 0 Å². The fourth-order valence-electron chi connectivity index (χ4n) is 7.40. The van der Waals surface area contributed by atoms with Crippen LogP contribution in [-0.4, -0.2) is 51.5 Å². The number of aromatic nitrogens is 3. The lowest BCUT2D eigenvalue weighted by Crippen LogP contribution is -2.23. The van der Waals surface area contributed by atoms with Gasteiger partial charge in [0.1, 0.15) is 27.7 Å². The lowest BCUT2D eigenvalue weighted by Gasteiger charge is -2.19. The Labute approximate surface area is 337 Å². The summed E-state index contributed by atoms with van der Waals surface area (Å²) in [5, 5.41) is 5.49. The zero-order valence-electron chi connectivity index (χ0n) is 35.2. The highest BCUT2D eigenvalue weighted by Gasteiger charge is 2.21. The number of carbonyl (C=O) groups is 2. The van der Waals surface area contributed by atoms with Gasteiger partial charge in [0.2, 0.25) is 0 Å². The van der Waals surface area contributed by atoms with E-state index in [0.29, 0.717) is 12.8 Å². The highest BCUT2D eigenvalue weighted by Crippen LogP contribution is 2.41. The van der Waals surface area contributed by atoms with Crippen LogP contribution < -0.4 is 9.47 Å². The van der Waals surface area contributed by atoms with Gasteiger partial charge in [-0.3, -0.25) is 9.59 Å². The predicted octanol–water partition coefficient (Wildman–Crippen LogP) is 12.1. The van der Waals surface area contributed by atoms with Gasteiger partial charge in [0.05, 0.1) is 25.4 Å². The number of hydrogen-bond donors (Lipinski definition) is 0. The number of thiazole rings is 1. The molecule has 3 heterocycles. The van der Waals surface area contributed by atoms with Crippen LogP contribution in [0.5, 0.6) is 11.5 Å². The Balaban J connectivity index is 1.27. The van der Waals surface area contributed by atoms with Crippen LogP contribution in [0.4, 0.5) is 0 Å². The summed E-state index contributed by atoms with van der Waals surface area (Å²) < 4.78 is 27.0. The minimum atomic E-state index is -0.430. The molecule has 0 fully saturated rings. The van der Waals surface area contributed by atoms with Crippen LogP contribution in [0.3, 0.4) is 0 Å². The van der Waals surface area contributed by atoms with Gasteiger partial charge < -0.3 is 28.1 Å². The van der Waals surface area contributed by atoms with Gasteiger partial charge in [-0.05, 0) is 104 Å². The van der Waals surface area contributed by atoms with Crippen molar-refractivity contribution < 1.29 is 28.5 Å². The maximum Gasteiger partial charge on any atom is 0.306 e. The number of aryl methyl sites for hydroxylation is 2. The Bertz CT molecular complexity index is 2080. The van der Waals surface area contributed by atoms with Crippen LogP contribution in [0, 0.1) is 6.92 Å². The van der Waals surface area contributed by atoms with Crippen molar-refractivity contribution in [3.63, 3.8) is 0 Å². The molecule has 2 aromatic carbocycles. The minimum Gasteiger partial charge on any atom is -0.497 e. The zero-order valence-corrected chi connectivity index (χ0v) is 36.0. The molecule has 0 aliphatic rings. The van der Waals surface area contributed by atoms with E-state index < -0.39 is 11.2 Å². The van der Waals surface area contributed by atoms with Crippen LogP contribution in [0.15, 0.2) is 48.0 Å². The van der Waals surface area contributed by atoms with E-state index in [1.807, 2.05) is 53.7 Å². The second kappa shape index (κ2) is 19.2. The molecule has 0 radical (unpaired) electrons. The molecule has 0 atom stereocenters. The van der Waals surface area contributed by atoms with E-state index in [1.165, 1.54) is 11.2 Å². The highest BCUT2D eigenvalue weighted by molar-refractivity contribution is 7.13. The maximum absolute atomic E-state index is 12.1. The van der Waals surface area contributed by atoms with Crippen LogP contribution in [0.1, 0.15) is 124 Å². The van der Waals surface area contributed by atoms with E-state index >= 15 is 0 Å². The average Bonchev–Trinajstić information content (AvgIpc) is 3.82. The third-order valence-electron chi connectivity index (χ3n) is 9.99. The van der Waals surface area contributed by atoms with Crippen molar-refractivity contribution in [3.05, 3.63) is 53.7 Å². The molecule has 3 aromatic heterocycles. The second-order valence-corrected chi connectivity index (χ2v) is 17.7. The quantitative estimate of drug-likeness (QED) is 0.0573. The van der Waals surface area contributed by atoms with Crippen LogP contribution in [-0.2, 0) is 32.2 Å².